The van der Waals surface area contributed by atoms with Crippen LogP contribution in [0.1, 0.15) is 56.8 Å². The third kappa shape index (κ3) is 3.58. The predicted molar refractivity (Wildman–Crippen MR) is 81.0 cm³/mol. The molecule has 18 heavy (non-hydrogen) atoms. The minimum absolute atomic E-state index is 0.477. The van der Waals surface area contributed by atoms with Crippen LogP contribution in [-0.4, -0.2) is 6.54 Å². The number of hydrogen-bond acceptors (Lipinski definition) is 1. The van der Waals surface area contributed by atoms with Gasteiger partial charge in [-0.25, -0.2) is 0 Å². The lowest BCUT2D eigenvalue weighted by Gasteiger charge is -2.30. The molecule has 2 atom stereocenters. The first-order valence-corrected chi connectivity index (χ1v) is 7.28. The predicted octanol–water partition coefficient (Wildman–Crippen LogP) is 4.64. The molecule has 0 radical (unpaired) electrons. The van der Waals surface area contributed by atoms with E-state index in [2.05, 4.69) is 65.1 Å². The molecular weight excluding hydrogens is 218 g/mol. The Morgan fingerprint density at radius 2 is 1.78 bits per heavy atom. The highest BCUT2D eigenvalue weighted by molar-refractivity contribution is 5.35. The summed E-state index contributed by atoms with van der Waals surface area (Å²) in [5, 5.41) is 3.73. The van der Waals surface area contributed by atoms with Gasteiger partial charge in [0.2, 0.25) is 0 Å². The van der Waals surface area contributed by atoms with Gasteiger partial charge in [0, 0.05) is 6.04 Å². The number of hydrogen-bond donors (Lipinski definition) is 1. The van der Waals surface area contributed by atoms with Crippen molar-refractivity contribution in [3.05, 3.63) is 34.9 Å². The quantitative estimate of drug-likeness (QED) is 0.772. The van der Waals surface area contributed by atoms with Gasteiger partial charge in [-0.15, -0.1) is 0 Å². The highest BCUT2D eigenvalue weighted by Gasteiger charge is 2.22. The van der Waals surface area contributed by atoms with Crippen molar-refractivity contribution in [2.24, 2.45) is 11.8 Å². The molecule has 2 unspecified atom stereocenters. The molecule has 0 saturated heterocycles. The average molecular weight is 247 g/mol. The number of benzene rings is 1. The molecule has 0 saturated carbocycles. The van der Waals surface area contributed by atoms with Crippen LogP contribution in [0.5, 0.6) is 0 Å². The highest BCUT2D eigenvalue weighted by atomic mass is 14.9. The van der Waals surface area contributed by atoms with Crippen molar-refractivity contribution >= 4 is 0 Å². The van der Waals surface area contributed by atoms with Gasteiger partial charge in [-0.05, 0) is 55.3 Å². The third-order valence-electron chi connectivity index (χ3n) is 4.17. The molecule has 0 aliphatic rings. The van der Waals surface area contributed by atoms with Crippen molar-refractivity contribution in [2.45, 2.75) is 54.0 Å². The molecular formula is C17H29N. The van der Waals surface area contributed by atoms with E-state index in [1.807, 2.05) is 0 Å². The van der Waals surface area contributed by atoms with Gasteiger partial charge in [0.05, 0.1) is 0 Å². The summed E-state index contributed by atoms with van der Waals surface area (Å²) in [4.78, 5) is 0. The number of aryl methyl sites for hydroxylation is 1. The Morgan fingerprint density at radius 1 is 1.11 bits per heavy atom. The second-order valence-corrected chi connectivity index (χ2v) is 5.82. The van der Waals surface area contributed by atoms with Gasteiger partial charge >= 0.3 is 0 Å². The first-order valence-electron chi connectivity index (χ1n) is 7.28. The topological polar surface area (TPSA) is 12.0 Å². The van der Waals surface area contributed by atoms with E-state index in [1.165, 1.54) is 23.1 Å². The van der Waals surface area contributed by atoms with Crippen molar-refractivity contribution in [1.29, 1.82) is 0 Å². The summed E-state index contributed by atoms with van der Waals surface area (Å²) in [6.45, 7) is 14.8. The Bertz CT molecular complexity index is 368. The van der Waals surface area contributed by atoms with Crippen LogP contribution in [0.2, 0.25) is 0 Å². The van der Waals surface area contributed by atoms with E-state index in [4.69, 9.17) is 0 Å². The lowest BCUT2D eigenvalue weighted by molar-refractivity contribution is 0.303. The van der Waals surface area contributed by atoms with Crippen molar-refractivity contribution in [3.63, 3.8) is 0 Å². The summed E-state index contributed by atoms with van der Waals surface area (Å²) >= 11 is 0. The monoisotopic (exact) mass is 247 g/mol. The third-order valence-corrected chi connectivity index (χ3v) is 4.17. The minimum atomic E-state index is 0.477. The Hall–Kier alpha value is -0.820. The standard InChI is InChI=1S/C17H29N/c1-7-11-18-17(14(5)12(2)3)16-10-8-9-13(4)15(16)6/h8-10,12,14,17-18H,7,11H2,1-6H3. The molecule has 0 amide bonds. The summed E-state index contributed by atoms with van der Waals surface area (Å²) in [5.74, 6) is 1.34. The number of rotatable bonds is 6. The molecule has 0 heterocycles. The molecule has 0 aliphatic carbocycles. The maximum atomic E-state index is 3.73. The lowest BCUT2D eigenvalue weighted by atomic mass is 9.83. The largest absolute Gasteiger partial charge is 0.310 e. The van der Waals surface area contributed by atoms with Crippen LogP contribution >= 0.6 is 0 Å². The van der Waals surface area contributed by atoms with Crippen LogP contribution in [0, 0.1) is 25.7 Å². The summed E-state index contributed by atoms with van der Waals surface area (Å²) in [7, 11) is 0. The van der Waals surface area contributed by atoms with Crippen molar-refractivity contribution in [1.82, 2.24) is 5.32 Å². The summed E-state index contributed by atoms with van der Waals surface area (Å²) in [6.07, 6.45) is 1.19. The Balaban J connectivity index is 3.04. The fourth-order valence-electron chi connectivity index (χ4n) is 2.37. The van der Waals surface area contributed by atoms with Crippen molar-refractivity contribution in [3.8, 4) is 0 Å². The SMILES string of the molecule is CCCNC(c1cccc(C)c1C)C(C)C(C)C. The van der Waals surface area contributed by atoms with Gasteiger partial charge in [0.25, 0.3) is 0 Å². The normalized spacial score (nSPS) is 14.8. The Kier molecular flexibility index (Phi) is 5.87. The van der Waals surface area contributed by atoms with Gasteiger partial charge in [0.1, 0.15) is 0 Å². The molecule has 0 aromatic heterocycles. The summed E-state index contributed by atoms with van der Waals surface area (Å²) in [5.41, 5.74) is 4.31. The molecule has 1 heteroatoms. The number of nitrogens with one attached hydrogen (secondary N) is 1. The first kappa shape index (κ1) is 15.2. The molecule has 0 aliphatic heterocycles. The van der Waals surface area contributed by atoms with Gasteiger partial charge < -0.3 is 5.32 Å². The van der Waals surface area contributed by atoms with E-state index < -0.39 is 0 Å². The minimum Gasteiger partial charge on any atom is -0.310 e. The van der Waals surface area contributed by atoms with E-state index >= 15 is 0 Å². The van der Waals surface area contributed by atoms with Crippen molar-refractivity contribution in [2.75, 3.05) is 6.54 Å². The Morgan fingerprint density at radius 3 is 2.33 bits per heavy atom. The van der Waals surface area contributed by atoms with Crippen LogP contribution < -0.4 is 5.32 Å². The van der Waals surface area contributed by atoms with E-state index in [0.29, 0.717) is 17.9 Å². The maximum Gasteiger partial charge on any atom is 0.0351 e. The van der Waals surface area contributed by atoms with Crippen LogP contribution in [-0.2, 0) is 0 Å². The first-order chi connectivity index (χ1) is 8.49. The van der Waals surface area contributed by atoms with Crippen LogP contribution in [0.4, 0.5) is 0 Å². The van der Waals surface area contributed by atoms with E-state index in [1.54, 1.807) is 0 Å². The molecule has 0 bridgehead atoms. The molecule has 1 aromatic rings. The van der Waals surface area contributed by atoms with E-state index in [-0.39, 0.29) is 0 Å². The second kappa shape index (κ2) is 6.94. The Labute approximate surface area is 113 Å². The van der Waals surface area contributed by atoms with Crippen LogP contribution in [0.15, 0.2) is 18.2 Å². The molecule has 1 aromatic carbocycles. The molecule has 102 valence electrons. The molecule has 1 nitrogen and oxygen atoms in total. The smallest absolute Gasteiger partial charge is 0.0351 e. The zero-order valence-electron chi connectivity index (χ0n) is 12.9. The van der Waals surface area contributed by atoms with Crippen molar-refractivity contribution < 1.29 is 0 Å². The van der Waals surface area contributed by atoms with Gasteiger partial charge in [0.15, 0.2) is 0 Å². The van der Waals surface area contributed by atoms with Gasteiger partial charge in [-0.3, -0.25) is 0 Å². The second-order valence-electron chi connectivity index (χ2n) is 5.82. The maximum absolute atomic E-state index is 3.73. The molecule has 1 N–H and O–H groups in total. The van der Waals surface area contributed by atoms with Gasteiger partial charge in [-0.2, -0.15) is 0 Å². The van der Waals surface area contributed by atoms with E-state index in [0.717, 1.165) is 6.54 Å². The molecule has 0 fully saturated rings. The highest BCUT2D eigenvalue weighted by Crippen LogP contribution is 2.30. The zero-order valence-corrected chi connectivity index (χ0v) is 12.9. The average Bonchev–Trinajstić information content (AvgIpc) is 2.34. The summed E-state index contributed by atoms with van der Waals surface area (Å²) in [6, 6.07) is 7.15. The van der Waals surface area contributed by atoms with E-state index in [9.17, 15) is 0 Å². The lowest BCUT2D eigenvalue weighted by Crippen LogP contribution is -2.30. The van der Waals surface area contributed by atoms with Gasteiger partial charge in [-0.1, -0.05) is 45.9 Å². The summed E-state index contributed by atoms with van der Waals surface area (Å²) < 4.78 is 0. The fourth-order valence-corrected chi connectivity index (χ4v) is 2.37. The molecule has 1 rings (SSSR count). The van der Waals surface area contributed by atoms with Crippen LogP contribution in [0.3, 0.4) is 0 Å². The molecule has 0 spiro atoms. The fraction of sp³-hybridized carbons (Fsp3) is 0.647. The van der Waals surface area contributed by atoms with Crippen LogP contribution in [0.25, 0.3) is 0 Å². The zero-order chi connectivity index (χ0) is 13.7.